The van der Waals surface area contributed by atoms with Gasteiger partial charge >= 0.3 is 57.4 Å². The van der Waals surface area contributed by atoms with Gasteiger partial charge in [-0.25, -0.2) is 0 Å². The van der Waals surface area contributed by atoms with Gasteiger partial charge in [-0.2, -0.15) is 0 Å². The fraction of sp³-hybridized carbons (Fsp3) is 0.754. The summed E-state index contributed by atoms with van der Waals surface area (Å²) in [5.41, 5.74) is 14.6. The van der Waals surface area contributed by atoms with Crippen LogP contribution in [0.1, 0.15) is 167 Å². The number of ether oxygens (including phenoxy) is 4. The number of hydrogen-bond donors (Lipinski definition) is 7. The molecule has 0 spiro atoms. The molecule has 452 valence electrons. The molecule has 23 heteroatoms. The van der Waals surface area contributed by atoms with Gasteiger partial charge < -0.3 is 61.9 Å². The van der Waals surface area contributed by atoms with Crippen LogP contribution in [0.5, 0.6) is 5.75 Å². The minimum atomic E-state index is -1.10. The van der Waals surface area contributed by atoms with E-state index in [1.807, 2.05) is 0 Å². The predicted molar refractivity (Wildman–Crippen MR) is 310 cm³/mol. The summed E-state index contributed by atoms with van der Waals surface area (Å²) >= 11 is 0. The molecule has 0 saturated carbocycles. The molecule has 1 aliphatic rings. The zero-order valence-electron chi connectivity index (χ0n) is 48.5. The number of phenolic OH excluding ortho intramolecular Hbond substituents is 1. The van der Waals surface area contributed by atoms with Crippen molar-refractivity contribution in [1.82, 2.24) is 21.3 Å². The van der Waals surface area contributed by atoms with Gasteiger partial charge in [0, 0.05) is 62.9 Å². The summed E-state index contributed by atoms with van der Waals surface area (Å²) in [4.78, 5) is 98.4. The number of ketones is 2. The number of unbranched alkanes of at least 4 members (excludes halogenated alkanes) is 15. The van der Waals surface area contributed by atoms with E-state index >= 15 is 0 Å². The maximum Gasteiger partial charge on any atom is 1.00 e. The van der Waals surface area contributed by atoms with Crippen LogP contribution in [-0.4, -0.2) is 153 Å². The monoisotopic (exact) mass is 1190 g/mol. The number of aliphatic carboxylic acids is 1. The molecule has 1 aromatic carbocycles. The molecule has 1 fully saturated rings. The summed E-state index contributed by atoms with van der Waals surface area (Å²) in [6, 6.07) is 4.25. The van der Waals surface area contributed by atoms with Crippen molar-refractivity contribution in [2.75, 3.05) is 84.0 Å². The third-order valence-electron chi connectivity index (χ3n) is 12.9. The Morgan fingerprint density at radius 3 is 1.68 bits per heavy atom. The van der Waals surface area contributed by atoms with Gasteiger partial charge in [-0.05, 0) is 68.0 Å². The van der Waals surface area contributed by atoms with Crippen LogP contribution in [0.3, 0.4) is 0 Å². The second kappa shape index (κ2) is 53.1. The standard InChI is InChI=1S/C46H75N6O12S2.C11H22O2.K/c1-2-3-4-5-6-7-8-9-13-42(56)50-19-21-61-23-26-64-31-44(58)51-20-22-62-24-25-63-30-43(57)49-18-11-10-12-39-41(55)29-36(32-65-66-33-38(47)46(60)52-39)40(54)28-35(45(48)59)27-34-14-16-37(53)17-15-34;1-2-3-4-5-6-7-8-9-10-11(12)13;/h14-17,35-36,38-39,47,53H,2-13,18-33H2,1H3,(H2,48,59)(H,49,57)(H,50,56)(H,51,58)(H,52,60);2-10H2,1H3,(H,12,13);/q-1;;+1/t35-,36-,38+,39+;;/m1../s1. The number of carboxylic acid groups (broad SMARTS) is 1. The van der Waals surface area contributed by atoms with E-state index in [0.717, 1.165) is 31.2 Å². The molecule has 20 nitrogen and oxygen atoms in total. The Hall–Kier alpha value is -2.68. The van der Waals surface area contributed by atoms with Gasteiger partial charge in [-0.3, -0.25) is 38.4 Å². The van der Waals surface area contributed by atoms with Crippen molar-refractivity contribution in [3.8, 4) is 5.75 Å². The van der Waals surface area contributed by atoms with E-state index in [1.165, 1.54) is 111 Å². The molecule has 1 saturated heterocycles. The topological polar surface area (TPSA) is 312 Å². The van der Waals surface area contributed by atoms with Crippen molar-refractivity contribution in [2.24, 2.45) is 17.6 Å². The van der Waals surface area contributed by atoms with Crippen LogP contribution in [-0.2, 0) is 63.7 Å². The molecule has 9 N–H and O–H groups in total. The Balaban J connectivity index is 0.00000392. The number of benzene rings is 1. The van der Waals surface area contributed by atoms with E-state index in [9.17, 15) is 43.5 Å². The average Bonchev–Trinajstić information content (AvgIpc) is 3.44. The number of rotatable bonds is 45. The van der Waals surface area contributed by atoms with Gasteiger partial charge in [0.2, 0.25) is 29.5 Å². The first-order valence-corrected chi connectivity index (χ1v) is 31.4. The Kier molecular flexibility index (Phi) is 51.3. The maximum absolute atomic E-state index is 13.5. The molecule has 5 amide bonds. The zero-order chi connectivity index (χ0) is 58.1. The fourth-order valence-corrected chi connectivity index (χ4v) is 10.6. The fourth-order valence-electron chi connectivity index (χ4n) is 8.17. The quantitative estimate of drug-likeness (QED) is 0.0267. The SMILES string of the molecule is CCCCCCCCCCC(=O)NCCOCCOCC(=O)NCCOCCOCC(=O)NCCCC[C@@H]1NC(=O)[C@@H]([NH-])CSSC[C@H](C(=O)C[C@@H](Cc2ccc(O)cc2)C(N)=O)CC1=O.CCCCCCCCCCC(=O)O.[K+]. The van der Waals surface area contributed by atoms with Crippen LogP contribution in [0.15, 0.2) is 24.3 Å². The number of carbonyl (C=O) groups is 8. The number of Topliss-reactive ketones (excluding diaryl/α,β-unsaturated/α-hetero) is 2. The summed E-state index contributed by atoms with van der Waals surface area (Å²) < 4.78 is 21.6. The number of primary amides is 1. The summed E-state index contributed by atoms with van der Waals surface area (Å²) in [5.74, 6) is -4.12. The molecule has 4 atom stereocenters. The van der Waals surface area contributed by atoms with Gasteiger partial charge in [0.15, 0.2) is 5.78 Å². The van der Waals surface area contributed by atoms with Crippen LogP contribution < -0.4 is 78.4 Å². The van der Waals surface area contributed by atoms with E-state index in [4.69, 9.17) is 35.5 Å². The molecule has 1 aromatic rings. The number of amides is 5. The number of carbonyl (C=O) groups excluding carboxylic acids is 7. The van der Waals surface area contributed by atoms with Crippen LogP contribution in [0.25, 0.3) is 5.73 Å². The molecular weight excluding hydrogens is 1100 g/mol. The van der Waals surface area contributed by atoms with Crippen molar-refractivity contribution in [1.29, 1.82) is 0 Å². The Bertz CT molecular complexity index is 1840. The Morgan fingerprint density at radius 1 is 0.650 bits per heavy atom. The van der Waals surface area contributed by atoms with Gasteiger partial charge in [0.1, 0.15) is 24.7 Å². The van der Waals surface area contributed by atoms with Crippen LogP contribution in [0.2, 0.25) is 0 Å². The van der Waals surface area contributed by atoms with Gasteiger partial charge in [-0.1, -0.05) is 137 Å². The Labute approximate surface area is 527 Å². The summed E-state index contributed by atoms with van der Waals surface area (Å²) in [6.45, 7) is 6.67. The van der Waals surface area contributed by atoms with E-state index in [1.54, 1.807) is 12.1 Å². The average molecular weight is 1190 g/mol. The second-order valence-electron chi connectivity index (χ2n) is 19.9. The van der Waals surface area contributed by atoms with Crippen molar-refractivity contribution in [3.05, 3.63) is 35.6 Å². The summed E-state index contributed by atoms with van der Waals surface area (Å²) in [6.07, 6.45) is 21.2. The van der Waals surface area contributed by atoms with Crippen LogP contribution in [0, 0.1) is 11.8 Å². The minimum Gasteiger partial charge on any atom is -0.666 e. The van der Waals surface area contributed by atoms with Gasteiger partial charge in [-0.15, -0.1) is 0 Å². The van der Waals surface area contributed by atoms with Crippen molar-refractivity contribution < 1.29 is 119 Å². The number of hydrogen-bond acceptors (Lipinski definition) is 15. The van der Waals surface area contributed by atoms with Crippen LogP contribution in [0.4, 0.5) is 0 Å². The zero-order valence-corrected chi connectivity index (χ0v) is 53.2. The first-order chi connectivity index (χ1) is 38.2. The van der Waals surface area contributed by atoms with E-state index in [0.29, 0.717) is 52.0 Å². The number of phenols is 1. The molecule has 0 bridgehead atoms. The normalized spacial score (nSPS) is 15.9. The third kappa shape index (κ3) is 44.8. The van der Waals surface area contributed by atoms with Crippen molar-refractivity contribution in [2.45, 2.75) is 180 Å². The van der Waals surface area contributed by atoms with E-state index in [2.05, 4.69) is 35.1 Å². The first kappa shape index (κ1) is 77.3. The van der Waals surface area contributed by atoms with E-state index in [-0.39, 0.29) is 170 Å². The largest absolute Gasteiger partial charge is 1.00 e. The molecular formula is C57H97KN6O14S2. The van der Waals surface area contributed by atoms with Gasteiger partial charge in [0.25, 0.3) is 0 Å². The van der Waals surface area contributed by atoms with Crippen molar-refractivity contribution in [3.63, 3.8) is 0 Å². The first-order valence-electron chi connectivity index (χ1n) is 28.9. The van der Waals surface area contributed by atoms with Crippen molar-refractivity contribution >= 4 is 68.7 Å². The predicted octanol–water partition coefficient (Wildman–Crippen LogP) is 4.59. The molecule has 2 rings (SSSR count). The second-order valence-corrected chi connectivity index (χ2v) is 22.5. The Morgan fingerprint density at radius 2 is 1.14 bits per heavy atom. The molecule has 1 heterocycles. The molecule has 0 radical (unpaired) electrons. The number of carboxylic acids is 1. The number of nitrogens with one attached hydrogen (secondary N) is 5. The minimum absolute atomic E-state index is 0. The smallest absolute Gasteiger partial charge is 0.666 e. The van der Waals surface area contributed by atoms with E-state index < -0.39 is 41.7 Å². The number of aromatic hydroxyl groups is 1. The third-order valence-corrected chi connectivity index (χ3v) is 15.4. The molecule has 1 aliphatic heterocycles. The maximum atomic E-state index is 13.5. The molecule has 0 aliphatic carbocycles. The van der Waals surface area contributed by atoms with Gasteiger partial charge in [0.05, 0.1) is 45.7 Å². The number of nitrogens with two attached hydrogens (primary N) is 1. The molecule has 0 unspecified atom stereocenters. The molecule has 0 aromatic heterocycles. The summed E-state index contributed by atoms with van der Waals surface area (Å²) in [7, 11) is 2.59. The molecule has 80 heavy (non-hydrogen) atoms. The van der Waals surface area contributed by atoms with Crippen LogP contribution >= 0.6 is 21.6 Å². The summed E-state index contributed by atoms with van der Waals surface area (Å²) in [5, 5.41) is 29.0.